The van der Waals surface area contributed by atoms with Crippen molar-refractivity contribution >= 4 is 23.8 Å². The fourth-order valence-electron chi connectivity index (χ4n) is 2.67. The minimum absolute atomic E-state index is 0.0371. The van der Waals surface area contributed by atoms with Crippen LogP contribution in [0.25, 0.3) is 0 Å². The Labute approximate surface area is 180 Å². The van der Waals surface area contributed by atoms with E-state index in [9.17, 15) is 29.8 Å². The van der Waals surface area contributed by atoms with E-state index in [1.165, 1.54) is 7.11 Å². The fraction of sp³-hybridized carbons (Fsp3) is 0.263. The number of nitro groups is 2. The van der Waals surface area contributed by atoms with Crippen LogP contribution in [0, 0.1) is 27.2 Å². The number of carboxylic acid groups (broad SMARTS) is 1. The topological polar surface area (TPSA) is 178 Å². The summed E-state index contributed by atoms with van der Waals surface area (Å²) >= 11 is 0. The van der Waals surface area contributed by atoms with Gasteiger partial charge in [-0.05, 0) is 18.6 Å². The first-order valence-corrected chi connectivity index (χ1v) is 8.94. The van der Waals surface area contributed by atoms with Crippen molar-refractivity contribution in [3.05, 3.63) is 55.6 Å². The lowest BCUT2D eigenvalue weighted by Crippen LogP contribution is -2.08. The Bertz CT molecular complexity index is 1050. The predicted octanol–water partition coefficient (Wildman–Crippen LogP) is 2.90. The third-order valence-corrected chi connectivity index (χ3v) is 4.14. The van der Waals surface area contributed by atoms with Gasteiger partial charge in [0.1, 0.15) is 11.3 Å². The summed E-state index contributed by atoms with van der Waals surface area (Å²) in [6.07, 6.45) is 0.275. The number of ether oxygens (including phenoxy) is 4. The van der Waals surface area contributed by atoms with Crippen LogP contribution in [0.3, 0.4) is 0 Å². The van der Waals surface area contributed by atoms with E-state index < -0.39 is 32.8 Å². The Morgan fingerprint density at radius 1 is 0.969 bits per heavy atom. The highest BCUT2D eigenvalue weighted by Gasteiger charge is 2.23. The number of aryl methyl sites for hydroxylation is 1. The van der Waals surface area contributed by atoms with Gasteiger partial charge in [0.05, 0.1) is 42.3 Å². The summed E-state index contributed by atoms with van der Waals surface area (Å²) in [6.45, 7) is 1.70. The summed E-state index contributed by atoms with van der Waals surface area (Å²) < 4.78 is 20.7. The minimum Gasteiger partial charge on any atom is -0.493 e. The highest BCUT2D eigenvalue weighted by molar-refractivity contribution is 5.93. The van der Waals surface area contributed by atoms with Gasteiger partial charge in [-0.1, -0.05) is 0 Å². The number of hydrogen-bond donors (Lipinski definition) is 1. The number of benzene rings is 2. The Hall–Kier alpha value is -4.42. The quantitative estimate of drug-likeness (QED) is 0.217. The van der Waals surface area contributed by atoms with E-state index >= 15 is 0 Å². The average Bonchev–Trinajstić information content (AvgIpc) is 2.74. The van der Waals surface area contributed by atoms with Crippen LogP contribution in [0.2, 0.25) is 0 Å². The number of nitro benzene ring substituents is 2. The van der Waals surface area contributed by atoms with Gasteiger partial charge in [-0.3, -0.25) is 25.0 Å². The van der Waals surface area contributed by atoms with Gasteiger partial charge in [-0.2, -0.15) is 0 Å². The standard InChI is InChI=1S/C19H18N2O11/c1-11-6-12(19(23)24)13(20(25)26)7-15(11)30-4-3-5-31-18-8-14(21(27)28)16(32-10-22)9-17(18)29-2/h6-10H,3-5H2,1-2H3,(H,23,24). The number of aromatic carboxylic acids is 1. The lowest BCUT2D eigenvalue weighted by Gasteiger charge is -2.13. The highest BCUT2D eigenvalue weighted by Crippen LogP contribution is 2.39. The van der Waals surface area contributed by atoms with Crippen molar-refractivity contribution in [2.45, 2.75) is 13.3 Å². The second-order valence-corrected chi connectivity index (χ2v) is 6.19. The molecule has 1 N–H and O–H groups in total. The van der Waals surface area contributed by atoms with Crippen molar-refractivity contribution in [3.63, 3.8) is 0 Å². The zero-order valence-electron chi connectivity index (χ0n) is 16.9. The molecule has 0 aliphatic carbocycles. The van der Waals surface area contributed by atoms with Gasteiger partial charge in [-0.15, -0.1) is 0 Å². The first kappa shape index (κ1) is 23.9. The maximum atomic E-state index is 11.2. The number of rotatable bonds is 12. The van der Waals surface area contributed by atoms with E-state index in [0.717, 1.165) is 24.3 Å². The van der Waals surface area contributed by atoms with Crippen LogP contribution in [-0.4, -0.2) is 47.7 Å². The zero-order valence-corrected chi connectivity index (χ0v) is 16.9. The lowest BCUT2D eigenvalue weighted by atomic mass is 10.1. The van der Waals surface area contributed by atoms with Crippen LogP contribution >= 0.6 is 0 Å². The Morgan fingerprint density at radius 2 is 1.56 bits per heavy atom. The van der Waals surface area contributed by atoms with E-state index in [-0.39, 0.29) is 49.1 Å². The number of nitrogens with zero attached hydrogens (tertiary/aromatic N) is 2. The molecule has 0 spiro atoms. The molecule has 13 heteroatoms. The van der Waals surface area contributed by atoms with Crippen molar-refractivity contribution in [1.82, 2.24) is 0 Å². The van der Waals surface area contributed by atoms with Crippen LogP contribution in [0.4, 0.5) is 11.4 Å². The second-order valence-electron chi connectivity index (χ2n) is 6.19. The maximum absolute atomic E-state index is 11.2. The molecule has 0 radical (unpaired) electrons. The van der Waals surface area contributed by atoms with Crippen molar-refractivity contribution in [1.29, 1.82) is 0 Å². The monoisotopic (exact) mass is 450 g/mol. The van der Waals surface area contributed by atoms with E-state index in [2.05, 4.69) is 4.74 Å². The van der Waals surface area contributed by atoms with Crippen LogP contribution < -0.4 is 18.9 Å². The van der Waals surface area contributed by atoms with Crippen molar-refractivity contribution in [3.8, 4) is 23.0 Å². The molecule has 0 saturated carbocycles. The molecule has 170 valence electrons. The predicted molar refractivity (Wildman–Crippen MR) is 107 cm³/mol. The molecule has 0 aromatic heterocycles. The normalized spacial score (nSPS) is 10.2. The molecule has 0 aliphatic heterocycles. The van der Waals surface area contributed by atoms with Gasteiger partial charge >= 0.3 is 11.7 Å². The van der Waals surface area contributed by atoms with Gasteiger partial charge in [0, 0.05) is 12.5 Å². The van der Waals surface area contributed by atoms with E-state index in [0.29, 0.717) is 5.56 Å². The van der Waals surface area contributed by atoms with E-state index in [1.807, 2.05) is 0 Å². The third kappa shape index (κ3) is 5.59. The SMILES string of the molecule is COc1cc(OC=O)c([N+](=O)[O-])cc1OCCCOc1cc([N+](=O)[O-])c(C(=O)O)cc1C. The Morgan fingerprint density at radius 3 is 2.09 bits per heavy atom. The van der Waals surface area contributed by atoms with Gasteiger partial charge in [-0.25, -0.2) is 4.79 Å². The first-order chi connectivity index (χ1) is 15.2. The van der Waals surface area contributed by atoms with Gasteiger partial charge in [0.15, 0.2) is 11.5 Å². The Balaban J connectivity index is 2.05. The van der Waals surface area contributed by atoms with Crippen molar-refractivity contribution in [2.24, 2.45) is 0 Å². The van der Waals surface area contributed by atoms with Crippen LogP contribution in [0.15, 0.2) is 24.3 Å². The largest absolute Gasteiger partial charge is 0.493 e. The van der Waals surface area contributed by atoms with Crippen LogP contribution in [-0.2, 0) is 4.79 Å². The number of methoxy groups -OCH3 is 1. The van der Waals surface area contributed by atoms with E-state index in [1.54, 1.807) is 6.92 Å². The number of hydrogen-bond acceptors (Lipinski definition) is 10. The molecular formula is C19H18N2O11. The molecular weight excluding hydrogens is 432 g/mol. The lowest BCUT2D eigenvalue weighted by molar-refractivity contribution is -0.385. The molecule has 0 unspecified atom stereocenters. The summed E-state index contributed by atoms with van der Waals surface area (Å²) in [5.74, 6) is -1.45. The minimum atomic E-state index is -1.42. The summed E-state index contributed by atoms with van der Waals surface area (Å²) in [5, 5.41) is 31.4. The molecule has 2 rings (SSSR count). The molecule has 0 fully saturated rings. The molecule has 2 aromatic carbocycles. The smallest absolute Gasteiger partial charge is 0.342 e. The number of carbonyl (C=O) groups excluding carboxylic acids is 1. The number of carbonyl (C=O) groups is 2. The van der Waals surface area contributed by atoms with Crippen LogP contribution in [0.5, 0.6) is 23.0 Å². The second kappa shape index (κ2) is 10.6. The van der Waals surface area contributed by atoms with Crippen molar-refractivity contribution in [2.75, 3.05) is 20.3 Å². The highest BCUT2D eigenvalue weighted by atomic mass is 16.6. The third-order valence-electron chi connectivity index (χ3n) is 4.14. The molecule has 0 saturated heterocycles. The maximum Gasteiger partial charge on any atom is 0.342 e. The number of carboxylic acids is 1. The first-order valence-electron chi connectivity index (χ1n) is 8.94. The summed E-state index contributed by atoms with van der Waals surface area (Å²) in [5.41, 5.74) is -1.13. The molecule has 0 heterocycles. The Kier molecular flexibility index (Phi) is 7.87. The molecule has 0 atom stereocenters. The van der Waals surface area contributed by atoms with Crippen LogP contribution in [0.1, 0.15) is 22.3 Å². The zero-order chi connectivity index (χ0) is 23.8. The van der Waals surface area contributed by atoms with Crippen molar-refractivity contribution < 1.29 is 43.5 Å². The fourth-order valence-corrected chi connectivity index (χ4v) is 2.67. The molecule has 2 aromatic rings. The van der Waals surface area contributed by atoms with Gasteiger partial charge in [0.2, 0.25) is 5.75 Å². The summed E-state index contributed by atoms with van der Waals surface area (Å²) in [7, 11) is 1.30. The summed E-state index contributed by atoms with van der Waals surface area (Å²) in [4.78, 5) is 42.4. The molecule has 0 bridgehead atoms. The summed E-state index contributed by atoms with van der Waals surface area (Å²) in [6, 6.07) is 4.39. The molecule has 13 nitrogen and oxygen atoms in total. The van der Waals surface area contributed by atoms with Gasteiger partial charge in [0.25, 0.3) is 12.2 Å². The van der Waals surface area contributed by atoms with E-state index in [4.69, 9.17) is 19.3 Å². The molecule has 32 heavy (non-hydrogen) atoms. The average molecular weight is 450 g/mol. The molecule has 0 aliphatic rings. The molecule has 0 amide bonds. The van der Waals surface area contributed by atoms with Gasteiger partial charge < -0.3 is 24.1 Å².